The highest BCUT2D eigenvalue weighted by molar-refractivity contribution is 7.08. The van der Waals surface area contributed by atoms with Crippen molar-refractivity contribution in [3.63, 3.8) is 0 Å². The number of benzene rings is 2. The van der Waals surface area contributed by atoms with E-state index < -0.39 is 0 Å². The molecule has 172 valence electrons. The summed E-state index contributed by atoms with van der Waals surface area (Å²) >= 11 is 1.45. The van der Waals surface area contributed by atoms with Crippen molar-refractivity contribution in [1.29, 1.82) is 0 Å². The molecule has 1 aliphatic heterocycles. The van der Waals surface area contributed by atoms with E-state index >= 15 is 0 Å². The second-order valence-corrected chi connectivity index (χ2v) is 9.00. The lowest BCUT2D eigenvalue weighted by Gasteiger charge is -2.35. The zero-order valence-electron chi connectivity index (χ0n) is 18.5. The lowest BCUT2D eigenvalue weighted by atomic mass is 10.1. The number of nitrogens with one attached hydrogen (secondary N) is 2. The molecule has 0 saturated carbocycles. The third-order valence-corrected chi connectivity index (χ3v) is 6.81. The number of aromatic nitrogens is 1. The van der Waals surface area contributed by atoms with Crippen molar-refractivity contribution < 1.29 is 14.4 Å². The molecule has 1 saturated heterocycles. The summed E-state index contributed by atoms with van der Waals surface area (Å²) < 4.78 is 0. The van der Waals surface area contributed by atoms with Crippen molar-refractivity contribution in [2.45, 2.75) is 6.42 Å². The molecule has 0 atom stereocenters. The first-order valence-corrected chi connectivity index (χ1v) is 12.1. The molecule has 2 N–H and O–H groups in total. The molecule has 4 aromatic rings. The van der Waals surface area contributed by atoms with Gasteiger partial charge in [-0.1, -0.05) is 30.3 Å². The van der Waals surface area contributed by atoms with Crippen LogP contribution in [-0.2, 0) is 11.2 Å². The van der Waals surface area contributed by atoms with Crippen LogP contribution in [0.1, 0.15) is 26.3 Å². The standard InChI is InChI=1S/C26H24N4O3S/c31-24(15-19-16-27-22-7-3-1-5-20(19)22)29-10-12-30(13-11-29)26(33)21-6-2-4-8-23(21)28-25(32)18-9-14-34-17-18/h1-9,14,16-17,27H,10-13,15H2,(H,28,32). The van der Waals surface area contributed by atoms with Crippen LogP contribution in [-0.4, -0.2) is 58.7 Å². The van der Waals surface area contributed by atoms with Gasteiger partial charge in [-0.2, -0.15) is 11.3 Å². The average molecular weight is 473 g/mol. The van der Waals surface area contributed by atoms with Crippen LogP contribution in [0.3, 0.4) is 0 Å². The van der Waals surface area contributed by atoms with Gasteiger partial charge in [0.2, 0.25) is 5.91 Å². The largest absolute Gasteiger partial charge is 0.361 e. The Morgan fingerprint density at radius 2 is 1.65 bits per heavy atom. The second-order valence-electron chi connectivity index (χ2n) is 8.22. The molecule has 1 fully saturated rings. The van der Waals surface area contributed by atoms with Crippen LogP contribution in [0.5, 0.6) is 0 Å². The molecule has 0 radical (unpaired) electrons. The van der Waals surface area contributed by atoms with Gasteiger partial charge >= 0.3 is 0 Å². The van der Waals surface area contributed by atoms with Gasteiger partial charge in [0.15, 0.2) is 0 Å². The van der Waals surface area contributed by atoms with Gasteiger partial charge in [0.1, 0.15) is 0 Å². The van der Waals surface area contributed by atoms with Gasteiger partial charge in [0.25, 0.3) is 11.8 Å². The molecule has 1 aliphatic rings. The van der Waals surface area contributed by atoms with Crippen LogP contribution < -0.4 is 5.32 Å². The number of anilines is 1. The Balaban J connectivity index is 1.21. The normalized spacial score (nSPS) is 13.8. The summed E-state index contributed by atoms with van der Waals surface area (Å²) in [4.78, 5) is 45.4. The van der Waals surface area contributed by atoms with Crippen molar-refractivity contribution >= 4 is 45.6 Å². The highest BCUT2D eigenvalue weighted by Gasteiger charge is 2.26. The van der Waals surface area contributed by atoms with Gasteiger partial charge < -0.3 is 20.1 Å². The van der Waals surface area contributed by atoms with Gasteiger partial charge in [-0.05, 0) is 35.2 Å². The lowest BCUT2D eigenvalue weighted by molar-refractivity contribution is -0.131. The van der Waals surface area contributed by atoms with E-state index in [-0.39, 0.29) is 17.7 Å². The number of hydrogen-bond donors (Lipinski definition) is 2. The summed E-state index contributed by atoms with van der Waals surface area (Å²) in [6.45, 7) is 1.86. The van der Waals surface area contributed by atoms with Crippen molar-refractivity contribution in [3.8, 4) is 0 Å². The summed E-state index contributed by atoms with van der Waals surface area (Å²) in [5.74, 6) is -0.334. The van der Waals surface area contributed by atoms with Crippen LogP contribution in [0.15, 0.2) is 71.6 Å². The van der Waals surface area contributed by atoms with Gasteiger partial charge in [-0.3, -0.25) is 14.4 Å². The number of thiophene rings is 1. The Morgan fingerprint density at radius 1 is 0.912 bits per heavy atom. The minimum absolute atomic E-state index is 0.0558. The molecule has 7 nitrogen and oxygen atoms in total. The summed E-state index contributed by atoms with van der Waals surface area (Å²) in [6.07, 6.45) is 2.22. The molecule has 2 aromatic carbocycles. The summed E-state index contributed by atoms with van der Waals surface area (Å²) in [5, 5.41) is 7.52. The predicted molar refractivity (Wildman–Crippen MR) is 133 cm³/mol. The average Bonchev–Trinajstić information content (AvgIpc) is 3.55. The molecule has 0 aliphatic carbocycles. The molecule has 3 amide bonds. The van der Waals surface area contributed by atoms with Gasteiger partial charge in [-0.15, -0.1) is 0 Å². The number of amides is 3. The summed E-state index contributed by atoms with van der Waals surface area (Å²) in [6, 6.07) is 16.7. The fourth-order valence-corrected chi connectivity index (χ4v) is 4.88. The van der Waals surface area contributed by atoms with E-state index in [0.717, 1.165) is 16.5 Å². The topological polar surface area (TPSA) is 85.5 Å². The SMILES string of the molecule is O=C(Nc1ccccc1C(=O)N1CCN(C(=O)Cc2c[nH]c3ccccc23)CC1)c1ccsc1. The van der Waals surface area contributed by atoms with E-state index in [9.17, 15) is 14.4 Å². The molecular formula is C26H24N4O3S. The molecule has 0 bridgehead atoms. The Kier molecular flexibility index (Phi) is 6.14. The first-order chi connectivity index (χ1) is 16.6. The number of piperazine rings is 1. The second kappa shape index (κ2) is 9.52. The maximum Gasteiger partial charge on any atom is 0.256 e. The van der Waals surface area contributed by atoms with Crippen molar-refractivity contribution in [2.24, 2.45) is 0 Å². The number of aromatic amines is 1. The highest BCUT2D eigenvalue weighted by Crippen LogP contribution is 2.21. The molecule has 0 spiro atoms. The molecule has 0 unspecified atom stereocenters. The molecular weight excluding hydrogens is 448 g/mol. The van der Waals surface area contributed by atoms with Gasteiger partial charge in [-0.25, -0.2) is 0 Å². The number of para-hydroxylation sites is 2. The third kappa shape index (κ3) is 4.45. The van der Waals surface area contributed by atoms with Crippen LogP contribution in [0.2, 0.25) is 0 Å². The van der Waals surface area contributed by atoms with Gasteiger partial charge in [0, 0.05) is 48.7 Å². The van der Waals surface area contributed by atoms with Crippen LogP contribution in [0.4, 0.5) is 5.69 Å². The number of hydrogen-bond acceptors (Lipinski definition) is 4. The zero-order valence-corrected chi connectivity index (χ0v) is 19.3. The quantitative estimate of drug-likeness (QED) is 0.460. The minimum Gasteiger partial charge on any atom is -0.361 e. The maximum atomic E-state index is 13.2. The fraction of sp³-hybridized carbons (Fsp3) is 0.192. The van der Waals surface area contributed by atoms with E-state index in [1.165, 1.54) is 11.3 Å². The Morgan fingerprint density at radius 3 is 2.44 bits per heavy atom. The Hall–Kier alpha value is -3.91. The molecule has 8 heteroatoms. The number of nitrogens with zero attached hydrogens (tertiary/aromatic N) is 2. The first-order valence-electron chi connectivity index (χ1n) is 11.1. The highest BCUT2D eigenvalue weighted by atomic mass is 32.1. The first kappa shape index (κ1) is 21.9. The number of carbonyl (C=O) groups excluding carboxylic acids is 3. The summed E-state index contributed by atoms with van der Waals surface area (Å²) in [5.41, 5.74) is 3.50. The minimum atomic E-state index is -0.241. The Labute approximate surface area is 201 Å². The van der Waals surface area contributed by atoms with Crippen molar-refractivity contribution in [3.05, 3.63) is 88.2 Å². The Bertz CT molecular complexity index is 1340. The predicted octanol–water partition coefficient (Wildman–Crippen LogP) is 4.01. The van der Waals surface area contributed by atoms with Crippen molar-refractivity contribution in [2.75, 3.05) is 31.5 Å². The number of H-pyrrole nitrogens is 1. The lowest BCUT2D eigenvalue weighted by Crippen LogP contribution is -2.51. The molecule has 2 aromatic heterocycles. The number of carbonyl (C=O) groups is 3. The van der Waals surface area contributed by atoms with Crippen molar-refractivity contribution in [1.82, 2.24) is 14.8 Å². The van der Waals surface area contributed by atoms with E-state index in [1.807, 2.05) is 40.7 Å². The monoisotopic (exact) mass is 472 g/mol. The smallest absolute Gasteiger partial charge is 0.256 e. The van der Waals surface area contributed by atoms with Crippen LogP contribution in [0, 0.1) is 0 Å². The van der Waals surface area contributed by atoms with E-state index in [1.54, 1.807) is 40.6 Å². The van der Waals surface area contributed by atoms with Gasteiger partial charge in [0.05, 0.1) is 23.2 Å². The fourth-order valence-electron chi connectivity index (χ4n) is 4.25. The molecule has 3 heterocycles. The zero-order chi connectivity index (χ0) is 23.5. The number of fused-ring (bicyclic) bond motifs is 1. The van der Waals surface area contributed by atoms with E-state index in [4.69, 9.17) is 0 Å². The van der Waals surface area contributed by atoms with Crippen LogP contribution in [0.25, 0.3) is 10.9 Å². The molecule has 5 rings (SSSR count). The van der Waals surface area contributed by atoms with E-state index in [0.29, 0.717) is 49.4 Å². The van der Waals surface area contributed by atoms with E-state index in [2.05, 4.69) is 10.3 Å². The maximum absolute atomic E-state index is 13.2. The molecule has 34 heavy (non-hydrogen) atoms. The number of rotatable bonds is 5. The summed E-state index contributed by atoms with van der Waals surface area (Å²) in [7, 11) is 0. The van der Waals surface area contributed by atoms with Crippen LogP contribution >= 0.6 is 11.3 Å². The third-order valence-electron chi connectivity index (χ3n) is 6.13.